The van der Waals surface area contributed by atoms with Crippen LogP contribution < -0.4 is 15.9 Å². The fraction of sp³-hybridized carbons (Fsp3) is 0.125. The van der Waals surface area contributed by atoms with Crippen LogP contribution in [-0.2, 0) is 4.79 Å². The van der Waals surface area contributed by atoms with Crippen LogP contribution in [0, 0.1) is 0 Å². The highest BCUT2D eigenvalue weighted by molar-refractivity contribution is 7.95. The maximum absolute atomic E-state index is 12.4. The molecule has 0 saturated carbocycles. The van der Waals surface area contributed by atoms with Crippen molar-refractivity contribution in [2.75, 3.05) is 6.16 Å². The largest absolute Gasteiger partial charge is 0.478 e. The van der Waals surface area contributed by atoms with Crippen LogP contribution in [0.15, 0.2) is 101 Å². The van der Waals surface area contributed by atoms with E-state index in [-0.39, 0.29) is 0 Å². The van der Waals surface area contributed by atoms with E-state index in [1.807, 2.05) is 54.6 Å². The van der Waals surface area contributed by atoms with Crippen molar-refractivity contribution in [2.45, 2.75) is 12.6 Å². The fourth-order valence-corrected chi connectivity index (χ4v) is 8.33. The lowest BCUT2D eigenvalue weighted by Gasteiger charge is -2.31. The molecule has 29 heavy (non-hydrogen) atoms. The lowest BCUT2D eigenvalue weighted by Crippen LogP contribution is -2.45. The molecule has 0 aliphatic carbocycles. The average molecular weight is 401 g/mol. The average Bonchev–Trinajstić information content (AvgIpc) is 3.16. The highest BCUT2D eigenvalue weighted by Gasteiger charge is 2.56. The molecule has 0 amide bonds. The van der Waals surface area contributed by atoms with Crippen molar-refractivity contribution in [1.82, 2.24) is 0 Å². The van der Waals surface area contributed by atoms with Crippen molar-refractivity contribution in [3.63, 3.8) is 0 Å². The molecule has 0 saturated heterocycles. The van der Waals surface area contributed by atoms with Gasteiger partial charge in [-0.25, -0.2) is 14.8 Å². The molecule has 144 valence electrons. The van der Waals surface area contributed by atoms with Crippen molar-refractivity contribution in [1.29, 1.82) is 0 Å². The van der Waals surface area contributed by atoms with Crippen molar-refractivity contribution in [3.8, 4) is 0 Å². The first-order valence-corrected chi connectivity index (χ1v) is 11.4. The Morgan fingerprint density at radius 2 is 1.24 bits per heavy atom. The normalized spacial score (nSPS) is 18.4. The van der Waals surface area contributed by atoms with Crippen LogP contribution in [0.3, 0.4) is 0 Å². The summed E-state index contributed by atoms with van der Waals surface area (Å²) in [5.41, 5.74) is -0.876. The molecule has 1 unspecified atom stereocenters. The second-order valence-corrected chi connectivity index (χ2v) is 10.6. The minimum absolute atomic E-state index is 0.293. The molecule has 5 heteroatoms. The predicted octanol–water partition coefficient (Wildman–Crippen LogP) is 3.31. The third-order valence-corrected chi connectivity index (χ3v) is 9.67. The quantitative estimate of drug-likeness (QED) is 0.644. The molecule has 0 aromatic heterocycles. The molecule has 0 radical (unpaired) electrons. The summed E-state index contributed by atoms with van der Waals surface area (Å²) in [7, 11) is -2.35. The minimum atomic E-state index is -2.35. The maximum atomic E-state index is 12.4. The highest BCUT2D eigenvalue weighted by Crippen LogP contribution is 2.58. The van der Waals surface area contributed by atoms with Crippen LogP contribution in [0.4, 0.5) is 0 Å². The van der Waals surface area contributed by atoms with Gasteiger partial charge in [-0.3, -0.25) is 0 Å². The summed E-state index contributed by atoms with van der Waals surface area (Å²) < 4.78 is 0. The van der Waals surface area contributed by atoms with Gasteiger partial charge in [-0.05, 0) is 43.3 Å². The fourth-order valence-electron chi connectivity index (χ4n) is 3.90. The number of benzene rings is 3. The zero-order valence-corrected chi connectivity index (χ0v) is 17.0. The number of hydrogen-bond acceptors (Lipinski definition) is 3. The van der Waals surface area contributed by atoms with E-state index in [0.717, 1.165) is 15.9 Å². The van der Waals surface area contributed by atoms with E-state index in [9.17, 15) is 9.90 Å². The van der Waals surface area contributed by atoms with E-state index in [4.69, 9.17) is 0 Å². The number of aliphatic imine (C=N–C) groups is 2. The van der Waals surface area contributed by atoms with Crippen LogP contribution in [0.5, 0.6) is 0 Å². The molecule has 1 heterocycles. The van der Waals surface area contributed by atoms with Gasteiger partial charge in [-0.2, -0.15) is 0 Å². The van der Waals surface area contributed by atoms with Gasteiger partial charge in [0.2, 0.25) is 0 Å². The third-order valence-electron chi connectivity index (χ3n) is 5.22. The number of carboxylic acid groups (broad SMARTS) is 1. The summed E-state index contributed by atoms with van der Waals surface area (Å²) in [5, 5.41) is 13.5. The Hall–Kier alpha value is -3.10. The maximum Gasteiger partial charge on any atom is 0.358 e. The van der Waals surface area contributed by atoms with Gasteiger partial charge in [-0.1, -0.05) is 54.6 Å². The Morgan fingerprint density at radius 3 is 1.55 bits per heavy atom. The van der Waals surface area contributed by atoms with Crippen molar-refractivity contribution >= 4 is 41.1 Å². The zero-order valence-electron chi connectivity index (χ0n) is 16.1. The Bertz CT molecular complexity index is 969. The smallest absolute Gasteiger partial charge is 0.358 e. The summed E-state index contributed by atoms with van der Waals surface area (Å²) in [6, 6.07) is 30.6. The Labute approximate surface area is 171 Å². The van der Waals surface area contributed by atoms with Crippen LogP contribution >= 0.6 is 7.26 Å². The molecular formula is C24H22N2O2P+. The molecule has 1 aliphatic rings. The van der Waals surface area contributed by atoms with Gasteiger partial charge in [0.05, 0.1) is 5.71 Å². The SMILES string of the molecule is CC1=NC(C[P+](c2ccccc2)(c2ccccc2)c2ccccc2)(C(=O)O)N=C1. The molecule has 1 N–H and O–H groups in total. The minimum Gasteiger partial charge on any atom is -0.478 e. The summed E-state index contributed by atoms with van der Waals surface area (Å²) in [6.45, 7) is 1.79. The van der Waals surface area contributed by atoms with Crippen LogP contribution in [0.25, 0.3) is 0 Å². The van der Waals surface area contributed by atoms with Gasteiger partial charge < -0.3 is 5.11 Å². The Balaban J connectivity index is 2.04. The molecule has 4 nitrogen and oxygen atoms in total. The molecule has 0 bridgehead atoms. The van der Waals surface area contributed by atoms with Gasteiger partial charge in [0.1, 0.15) is 29.3 Å². The summed E-state index contributed by atoms with van der Waals surface area (Å²) in [6.07, 6.45) is 1.87. The number of carboxylic acids is 1. The lowest BCUT2D eigenvalue weighted by atomic mass is 10.2. The summed E-state index contributed by atoms with van der Waals surface area (Å²) in [5.74, 6) is -1.02. The second kappa shape index (κ2) is 7.73. The molecule has 1 aliphatic heterocycles. The molecule has 3 aromatic rings. The third kappa shape index (κ3) is 3.41. The molecule has 3 aromatic carbocycles. The summed E-state index contributed by atoms with van der Waals surface area (Å²) >= 11 is 0. The topological polar surface area (TPSA) is 62.0 Å². The van der Waals surface area contributed by atoms with E-state index >= 15 is 0 Å². The zero-order chi connectivity index (χ0) is 20.3. The van der Waals surface area contributed by atoms with E-state index < -0.39 is 18.9 Å². The molecular weight excluding hydrogens is 379 g/mol. The summed E-state index contributed by atoms with van der Waals surface area (Å²) in [4.78, 5) is 21.3. The van der Waals surface area contributed by atoms with Crippen LogP contribution in [0.1, 0.15) is 6.92 Å². The second-order valence-electron chi connectivity index (χ2n) is 7.11. The Kier molecular flexibility index (Phi) is 5.12. The van der Waals surface area contributed by atoms with E-state index in [1.165, 1.54) is 0 Å². The van der Waals surface area contributed by atoms with Crippen molar-refractivity contribution < 1.29 is 9.90 Å². The van der Waals surface area contributed by atoms with Crippen LogP contribution in [-0.4, -0.2) is 34.8 Å². The predicted molar refractivity (Wildman–Crippen MR) is 122 cm³/mol. The highest BCUT2D eigenvalue weighted by atomic mass is 31.2. The first kappa shape index (κ1) is 19.2. The molecule has 0 fully saturated rings. The molecule has 0 spiro atoms. The van der Waals surface area contributed by atoms with E-state index in [2.05, 4.69) is 46.4 Å². The van der Waals surface area contributed by atoms with Crippen LogP contribution in [0.2, 0.25) is 0 Å². The van der Waals surface area contributed by atoms with E-state index in [0.29, 0.717) is 11.9 Å². The van der Waals surface area contributed by atoms with Crippen molar-refractivity contribution in [2.24, 2.45) is 9.98 Å². The van der Waals surface area contributed by atoms with Gasteiger partial charge in [0, 0.05) is 6.21 Å². The number of rotatable bonds is 6. The van der Waals surface area contributed by atoms with Gasteiger partial charge in [0.25, 0.3) is 5.66 Å². The number of nitrogens with zero attached hydrogens (tertiary/aromatic N) is 2. The standard InChI is InChI=1S/C24H21N2O2P/c1-19-17-25-24(26-19,23(27)28)18-29(20-11-5-2-6-12-20,21-13-7-3-8-14-21)22-15-9-4-10-16-22/h2-17H,18H2,1H3/p+1. The van der Waals surface area contributed by atoms with Gasteiger partial charge in [0.15, 0.2) is 0 Å². The molecule has 1 atom stereocenters. The Morgan fingerprint density at radius 1 is 0.828 bits per heavy atom. The molecule has 4 rings (SSSR count). The van der Waals surface area contributed by atoms with Gasteiger partial charge >= 0.3 is 5.97 Å². The monoisotopic (exact) mass is 401 g/mol. The van der Waals surface area contributed by atoms with Crippen molar-refractivity contribution in [3.05, 3.63) is 91.0 Å². The number of aliphatic carboxylic acids is 1. The van der Waals surface area contributed by atoms with E-state index in [1.54, 1.807) is 13.1 Å². The lowest BCUT2D eigenvalue weighted by molar-refractivity contribution is -0.141. The first-order chi connectivity index (χ1) is 14.1. The first-order valence-electron chi connectivity index (χ1n) is 9.47. The number of hydrogen-bond donors (Lipinski definition) is 1. The van der Waals surface area contributed by atoms with Gasteiger partial charge in [-0.15, -0.1) is 0 Å². The number of carbonyl (C=O) groups is 1.